The second-order valence-corrected chi connectivity index (χ2v) is 9.04. The van der Waals surface area contributed by atoms with Gasteiger partial charge in [-0.25, -0.2) is 9.59 Å². The topological polar surface area (TPSA) is 88.5 Å². The molecule has 6 heteroatoms. The Morgan fingerprint density at radius 3 is 2.41 bits per heavy atom. The van der Waals surface area contributed by atoms with Crippen LogP contribution in [-0.4, -0.2) is 34.3 Å². The van der Waals surface area contributed by atoms with Crippen LogP contribution in [-0.2, 0) is 16.0 Å². The first-order valence-corrected chi connectivity index (χ1v) is 10.6. The van der Waals surface area contributed by atoms with Crippen LogP contribution in [0.1, 0.15) is 37.8 Å². The normalized spacial score (nSPS) is 30.8. The number of carbonyl (C=O) groups is 2. The highest BCUT2D eigenvalue weighted by Gasteiger charge is 2.50. The van der Waals surface area contributed by atoms with E-state index in [0.717, 1.165) is 48.4 Å². The number of aromatic nitrogens is 1. The van der Waals surface area contributed by atoms with Crippen molar-refractivity contribution in [3.8, 4) is 0 Å². The van der Waals surface area contributed by atoms with Gasteiger partial charge in [-0.15, -0.1) is 0 Å². The van der Waals surface area contributed by atoms with Gasteiger partial charge in [-0.2, -0.15) is 0 Å². The molecule has 6 rings (SSSR count). The van der Waals surface area contributed by atoms with Crippen LogP contribution in [0.4, 0.5) is 4.79 Å². The number of alkyl carbamates (subject to hydrolysis) is 1. The Morgan fingerprint density at radius 2 is 1.72 bits per heavy atom. The molecule has 0 spiro atoms. The highest BCUT2D eigenvalue weighted by molar-refractivity contribution is 5.81. The number of nitrogens with one attached hydrogen (secondary N) is 1. The predicted octanol–water partition coefficient (Wildman–Crippen LogP) is 3.78. The van der Waals surface area contributed by atoms with Crippen molar-refractivity contribution in [2.24, 2.45) is 23.7 Å². The smallest absolute Gasteiger partial charge is 0.408 e. The van der Waals surface area contributed by atoms with Crippen LogP contribution in [0.3, 0.4) is 0 Å². The number of carbonyl (C=O) groups excluding carboxylic acids is 1. The summed E-state index contributed by atoms with van der Waals surface area (Å²) in [5.74, 6) is 1.41. The van der Waals surface area contributed by atoms with Gasteiger partial charge >= 0.3 is 12.1 Å². The van der Waals surface area contributed by atoms with E-state index in [1.54, 1.807) is 0 Å². The van der Waals surface area contributed by atoms with Crippen LogP contribution in [0.25, 0.3) is 10.9 Å². The number of carboxylic acid groups (broad SMARTS) is 1. The molecular formula is C23H26N2O4. The fourth-order valence-electron chi connectivity index (χ4n) is 6.00. The molecule has 4 aliphatic rings. The fourth-order valence-corrected chi connectivity index (χ4v) is 6.00. The van der Waals surface area contributed by atoms with Crippen molar-refractivity contribution in [2.45, 2.75) is 50.7 Å². The fraction of sp³-hybridized carbons (Fsp3) is 0.522. The summed E-state index contributed by atoms with van der Waals surface area (Å²) < 4.78 is 5.78. The number of aliphatic carboxylic acids is 1. The van der Waals surface area contributed by atoms with Gasteiger partial charge < -0.3 is 15.2 Å². The molecular weight excluding hydrogens is 368 g/mol. The lowest BCUT2D eigenvalue weighted by Crippen LogP contribution is -2.52. The average Bonchev–Trinajstić information content (AvgIpc) is 2.69. The van der Waals surface area contributed by atoms with E-state index < -0.39 is 18.1 Å². The van der Waals surface area contributed by atoms with Crippen molar-refractivity contribution >= 4 is 23.0 Å². The zero-order chi connectivity index (χ0) is 20.0. The summed E-state index contributed by atoms with van der Waals surface area (Å²) in [6.07, 6.45) is 5.38. The van der Waals surface area contributed by atoms with Crippen LogP contribution < -0.4 is 5.32 Å². The van der Waals surface area contributed by atoms with Crippen LogP contribution in [0.2, 0.25) is 0 Å². The van der Waals surface area contributed by atoms with E-state index in [-0.39, 0.29) is 12.5 Å². The van der Waals surface area contributed by atoms with Gasteiger partial charge in [-0.3, -0.25) is 4.98 Å². The molecule has 2 N–H and O–H groups in total. The SMILES string of the molecule is O=C(N[C@@H](Cc1ccc2ccccc2n1)C(=O)O)OC1C2CC3CC(C2)CC1C3. The molecule has 4 bridgehead atoms. The molecule has 0 radical (unpaired) electrons. The van der Waals surface area contributed by atoms with Crippen molar-refractivity contribution in [1.82, 2.24) is 10.3 Å². The molecule has 1 atom stereocenters. The highest BCUT2D eigenvalue weighted by Crippen LogP contribution is 2.54. The first kappa shape index (κ1) is 18.4. The van der Waals surface area contributed by atoms with Crippen LogP contribution >= 0.6 is 0 Å². The summed E-state index contributed by atoms with van der Waals surface area (Å²) in [6, 6.07) is 10.4. The molecule has 4 saturated carbocycles. The van der Waals surface area contributed by atoms with Gasteiger partial charge in [0.2, 0.25) is 0 Å². The van der Waals surface area contributed by atoms with Crippen molar-refractivity contribution in [1.29, 1.82) is 0 Å². The number of pyridine rings is 1. The molecule has 2 aromatic rings. The molecule has 1 aromatic heterocycles. The van der Waals surface area contributed by atoms with E-state index >= 15 is 0 Å². The largest absolute Gasteiger partial charge is 0.480 e. The minimum atomic E-state index is -1.08. The van der Waals surface area contributed by atoms with E-state index in [1.807, 2.05) is 36.4 Å². The standard InChI is InChI=1S/C23H26N2O4/c26-22(27)20(12-18-6-5-15-3-1-2-4-19(15)24-18)25-23(28)29-21-16-8-13-7-14(10-16)11-17(21)9-13/h1-6,13-14,16-17,20-21H,7-12H2,(H,25,28)(H,26,27)/t13?,14?,16?,17?,20-,21?/m0/s1. The Balaban J connectivity index is 1.24. The van der Waals surface area contributed by atoms with Crippen molar-refractivity contribution in [3.63, 3.8) is 0 Å². The maximum absolute atomic E-state index is 12.5. The number of ether oxygens (including phenoxy) is 1. The molecule has 4 fully saturated rings. The number of para-hydroxylation sites is 1. The molecule has 4 aliphatic carbocycles. The molecule has 1 aromatic carbocycles. The number of amides is 1. The summed E-state index contributed by atoms with van der Waals surface area (Å²) in [6.45, 7) is 0. The van der Waals surface area contributed by atoms with Gasteiger partial charge in [-0.1, -0.05) is 24.3 Å². The third-order valence-electron chi connectivity index (χ3n) is 7.04. The molecule has 29 heavy (non-hydrogen) atoms. The molecule has 0 saturated heterocycles. The Kier molecular flexibility index (Phi) is 4.64. The van der Waals surface area contributed by atoms with Crippen LogP contribution in [0.15, 0.2) is 36.4 Å². The quantitative estimate of drug-likeness (QED) is 0.806. The zero-order valence-electron chi connectivity index (χ0n) is 16.3. The minimum absolute atomic E-state index is 0.0592. The van der Waals surface area contributed by atoms with Crippen LogP contribution in [0, 0.1) is 23.7 Å². The monoisotopic (exact) mass is 394 g/mol. The first-order chi connectivity index (χ1) is 14.0. The van der Waals surface area contributed by atoms with E-state index in [0.29, 0.717) is 17.5 Å². The van der Waals surface area contributed by atoms with Gasteiger partial charge in [0, 0.05) is 17.5 Å². The van der Waals surface area contributed by atoms with Crippen LogP contribution in [0.5, 0.6) is 0 Å². The Bertz CT molecular complexity index is 915. The summed E-state index contributed by atoms with van der Waals surface area (Å²) >= 11 is 0. The van der Waals surface area contributed by atoms with Gasteiger partial charge in [0.15, 0.2) is 0 Å². The van der Waals surface area contributed by atoms with Gasteiger partial charge in [0.25, 0.3) is 0 Å². The third kappa shape index (κ3) is 3.68. The Labute approximate surface area is 169 Å². The predicted molar refractivity (Wildman–Crippen MR) is 107 cm³/mol. The lowest BCUT2D eigenvalue weighted by molar-refractivity contribution is -0.139. The molecule has 0 aliphatic heterocycles. The number of fused-ring (bicyclic) bond motifs is 1. The minimum Gasteiger partial charge on any atom is -0.480 e. The number of hydrogen-bond donors (Lipinski definition) is 2. The maximum Gasteiger partial charge on any atom is 0.408 e. The summed E-state index contributed by atoms with van der Waals surface area (Å²) in [7, 11) is 0. The van der Waals surface area contributed by atoms with Gasteiger partial charge in [0.1, 0.15) is 12.1 Å². The maximum atomic E-state index is 12.5. The van der Waals surface area contributed by atoms with Crippen molar-refractivity contribution in [2.75, 3.05) is 0 Å². The summed E-state index contributed by atoms with van der Waals surface area (Å²) in [5.41, 5.74) is 1.44. The first-order valence-electron chi connectivity index (χ1n) is 10.6. The summed E-state index contributed by atoms with van der Waals surface area (Å²) in [5, 5.41) is 13.2. The molecule has 6 nitrogen and oxygen atoms in total. The molecule has 152 valence electrons. The van der Waals surface area contributed by atoms with E-state index in [9.17, 15) is 14.7 Å². The molecule has 1 heterocycles. The van der Waals surface area contributed by atoms with Gasteiger partial charge in [-0.05, 0) is 67.9 Å². The number of carboxylic acids is 1. The highest BCUT2D eigenvalue weighted by atomic mass is 16.6. The Morgan fingerprint density at radius 1 is 1.03 bits per heavy atom. The zero-order valence-corrected chi connectivity index (χ0v) is 16.3. The Hall–Kier alpha value is -2.63. The van der Waals surface area contributed by atoms with E-state index in [4.69, 9.17) is 4.74 Å². The van der Waals surface area contributed by atoms with Crippen molar-refractivity contribution in [3.05, 3.63) is 42.1 Å². The third-order valence-corrected chi connectivity index (χ3v) is 7.04. The summed E-state index contributed by atoms with van der Waals surface area (Å²) in [4.78, 5) is 28.8. The number of benzene rings is 1. The van der Waals surface area contributed by atoms with Gasteiger partial charge in [0.05, 0.1) is 5.52 Å². The average molecular weight is 394 g/mol. The van der Waals surface area contributed by atoms with E-state index in [1.165, 1.54) is 6.42 Å². The number of rotatable bonds is 5. The number of nitrogens with zero attached hydrogens (tertiary/aromatic N) is 1. The van der Waals surface area contributed by atoms with E-state index in [2.05, 4.69) is 10.3 Å². The second-order valence-electron chi connectivity index (χ2n) is 9.04. The lowest BCUT2D eigenvalue weighted by atomic mass is 9.55. The lowest BCUT2D eigenvalue weighted by Gasteiger charge is -2.53. The van der Waals surface area contributed by atoms with Crippen molar-refractivity contribution < 1.29 is 19.4 Å². The molecule has 0 unspecified atom stereocenters. The number of hydrogen-bond acceptors (Lipinski definition) is 4. The second kappa shape index (κ2) is 7.32. The molecule has 1 amide bonds.